The molecule has 0 aliphatic carbocycles. The second kappa shape index (κ2) is 6.10. The van der Waals surface area contributed by atoms with Crippen molar-refractivity contribution in [3.05, 3.63) is 0 Å². The summed E-state index contributed by atoms with van der Waals surface area (Å²) in [7, 11) is 0. The Labute approximate surface area is 129 Å². The van der Waals surface area contributed by atoms with Gasteiger partial charge in [-0.1, -0.05) is 68.2 Å². The van der Waals surface area contributed by atoms with Crippen molar-refractivity contribution in [1.29, 1.82) is 0 Å². The Morgan fingerprint density at radius 3 is 1.76 bits per heavy atom. The molecule has 3 unspecified atom stereocenters. The predicted molar refractivity (Wildman–Crippen MR) is 84.6 cm³/mol. The van der Waals surface area contributed by atoms with Gasteiger partial charge in [-0.3, -0.25) is 9.59 Å². The zero-order valence-corrected chi connectivity index (χ0v) is 14.9. The second-order valence-electron chi connectivity index (χ2n) is 8.18. The van der Waals surface area contributed by atoms with Crippen molar-refractivity contribution in [2.75, 3.05) is 0 Å². The first-order chi connectivity index (χ1) is 9.47. The third-order valence-electron chi connectivity index (χ3n) is 6.13. The van der Waals surface area contributed by atoms with Crippen LogP contribution in [0, 0.1) is 34.5 Å². The molecule has 3 atom stereocenters. The van der Waals surface area contributed by atoms with E-state index in [-0.39, 0.29) is 34.6 Å². The molecule has 1 rings (SSSR count). The SMILES string of the molecule is CCCC(C)C(C)(C)C1C(=O)OC(=O)C1C(C)(C)C(C)C. The van der Waals surface area contributed by atoms with E-state index < -0.39 is 0 Å². The molecule has 0 aromatic rings. The number of ether oxygens (including phenoxy) is 1. The van der Waals surface area contributed by atoms with Gasteiger partial charge in [-0.25, -0.2) is 0 Å². The maximum atomic E-state index is 12.4. The fourth-order valence-electron chi connectivity index (χ4n) is 3.44. The van der Waals surface area contributed by atoms with Crippen molar-refractivity contribution in [2.45, 2.75) is 68.2 Å². The van der Waals surface area contributed by atoms with E-state index >= 15 is 0 Å². The van der Waals surface area contributed by atoms with E-state index in [0.29, 0.717) is 11.8 Å². The maximum Gasteiger partial charge on any atom is 0.318 e. The van der Waals surface area contributed by atoms with Gasteiger partial charge in [0.15, 0.2) is 0 Å². The molecule has 0 aromatic heterocycles. The van der Waals surface area contributed by atoms with E-state index in [1.165, 1.54) is 0 Å². The number of cyclic esters (lactones) is 2. The number of hydrogen-bond donors (Lipinski definition) is 0. The number of carbonyl (C=O) groups excluding carboxylic acids is 2. The van der Waals surface area contributed by atoms with Crippen molar-refractivity contribution >= 4 is 11.9 Å². The minimum Gasteiger partial charge on any atom is -0.393 e. The molecule has 0 bridgehead atoms. The lowest BCUT2D eigenvalue weighted by Gasteiger charge is -2.43. The molecule has 0 aromatic carbocycles. The maximum absolute atomic E-state index is 12.4. The zero-order valence-electron chi connectivity index (χ0n) is 14.9. The smallest absolute Gasteiger partial charge is 0.318 e. The standard InChI is InChI=1S/C18H32O3/c1-9-10-12(4)18(7,8)14-13(15(19)21-16(14)20)17(5,6)11(2)3/h11-14H,9-10H2,1-8H3. The molecule has 0 radical (unpaired) electrons. The zero-order chi connectivity index (χ0) is 16.6. The third-order valence-corrected chi connectivity index (χ3v) is 6.13. The van der Waals surface area contributed by atoms with Gasteiger partial charge in [-0.15, -0.1) is 0 Å². The first-order valence-electron chi connectivity index (χ1n) is 8.23. The molecule has 0 N–H and O–H groups in total. The van der Waals surface area contributed by atoms with Crippen molar-refractivity contribution in [3.8, 4) is 0 Å². The molecule has 1 fully saturated rings. The predicted octanol–water partition coefficient (Wildman–Crippen LogP) is 4.45. The fourth-order valence-corrected chi connectivity index (χ4v) is 3.44. The van der Waals surface area contributed by atoms with Gasteiger partial charge in [-0.05, 0) is 22.7 Å². The molecule has 1 saturated heterocycles. The van der Waals surface area contributed by atoms with Gasteiger partial charge >= 0.3 is 11.9 Å². The summed E-state index contributed by atoms with van der Waals surface area (Å²) >= 11 is 0. The fraction of sp³-hybridized carbons (Fsp3) is 0.889. The van der Waals surface area contributed by atoms with E-state index in [1.807, 2.05) is 0 Å². The lowest BCUT2D eigenvalue weighted by Crippen LogP contribution is -2.45. The van der Waals surface area contributed by atoms with Gasteiger partial charge < -0.3 is 4.74 Å². The van der Waals surface area contributed by atoms with Gasteiger partial charge in [0.2, 0.25) is 0 Å². The lowest BCUT2D eigenvalue weighted by molar-refractivity contribution is -0.155. The van der Waals surface area contributed by atoms with Crippen LogP contribution in [-0.4, -0.2) is 11.9 Å². The molecule has 21 heavy (non-hydrogen) atoms. The summed E-state index contributed by atoms with van der Waals surface area (Å²) in [6.45, 7) is 16.9. The minimum absolute atomic E-state index is 0.240. The van der Waals surface area contributed by atoms with Crippen LogP contribution in [0.5, 0.6) is 0 Å². The Balaban J connectivity index is 3.23. The number of carbonyl (C=O) groups is 2. The van der Waals surface area contributed by atoms with Crippen LogP contribution in [0.2, 0.25) is 0 Å². The highest BCUT2D eigenvalue weighted by atomic mass is 16.6. The summed E-state index contributed by atoms with van der Waals surface area (Å²) in [5.74, 6) is -0.674. The van der Waals surface area contributed by atoms with Crippen LogP contribution in [-0.2, 0) is 14.3 Å². The van der Waals surface area contributed by atoms with Crippen molar-refractivity contribution < 1.29 is 14.3 Å². The molecule has 3 heteroatoms. The highest BCUT2D eigenvalue weighted by molar-refractivity contribution is 5.97. The molecule has 122 valence electrons. The Morgan fingerprint density at radius 1 is 0.952 bits per heavy atom. The van der Waals surface area contributed by atoms with Crippen LogP contribution in [0.15, 0.2) is 0 Å². The van der Waals surface area contributed by atoms with E-state index in [2.05, 4.69) is 55.4 Å². The van der Waals surface area contributed by atoms with Gasteiger partial charge in [0.1, 0.15) is 0 Å². The normalized spacial score (nSPS) is 25.4. The van der Waals surface area contributed by atoms with Gasteiger partial charge in [-0.2, -0.15) is 0 Å². The third kappa shape index (κ3) is 3.17. The summed E-state index contributed by atoms with van der Waals surface area (Å²) in [5.41, 5.74) is -0.493. The molecule has 1 heterocycles. The van der Waals surface area contributed by atoms with Crippen LogP contribution >= 0.6 is 0 Å². The Kier molecular flexibility index (Phi) is 5.28. The monoisotopic (exact) mass is 296 g/mol. The van der Waals surface area contributed by atoms with Crippen molar-refractivity contribution in [1.82, 2.24) is 0 Å². The summed E-state index contributed by atoms with van der Waals surface area (Å²) in [6.07, 6.45) is 2.14. The van der Waals surface area contributed by atoms with Crippen LogP contribution in [0.1, 0.15) is 68.2 Å². The molecular formula is C18H32O3. The van der Waals surface area contributed by atoms with Gasteiger partial charge in [0.05, 0.1) is 11.8 Å². The molecule has 0 saturated carbocycles. The molecule has 0 amide bonds. The summed E-state index contributed by atoms with van der Waals surface area (Å²) < 4.78 is 5.06. The summed E-state index contributed by atoms with van der Waals surface area (Å²) in [6, 6.07) is 0. The number of esters is 2. The molecule has 3 nitrogen and oxygen atoms in total. The highest BCUT2D eigenvalue weighted by Crippen LogP contribution is 2.52. The van der Waals surface area contributed by atoms with Gasteiger partial charge in [0.25, 0.3) is 0 Å². The molecular weight excluding hydrogens is 264 g/mol. The molecule has 1 aliphatic rings. The Bertz CT molecular complexity index is 407. The molecule has 0 spiro atoms. The Hall–Kier alpha value is -0.860. The van der Waals surface area contributed by atoms with Gasteiger partial charge in [0, 0.05) is 0 Å². The van der Waals surface area contributed by atoms with E-state index in [4.69, 9.17) is 4.74 Å². The van der Waals surface area contributed by atoms with Crippen LogP contribution in [0.4, 0.5) is 0 Å². The summed E-state index contributed by atoms with van der Waals surface area (Å²) in [4.78, 5) is 24.7. The number of hydrogen-bond acceptors (Lipinski definition) is 3. The topological polar surface area (TPSA) is 43.4 Å². The van der Waals surface area contributed by atoms with Crippen LogP contribution < -0.4 is 0 Å². The highest BCUT2D eigenvalue weighted by Gasteiger charge is 2.58. The first kappa shape index (κ1) is 18.2. The Morgan fingerprint density at radius 2 is 1.38 bits per heavy atom. The lowest BCUT2D eigenvalue weighted by atomic mass is 9.57. The van der Waals surface area contributed by atoms with Crippen LogP contribution in [0.3, 0.4) is 0 Å². The number of rotatable bonds is 6. The first-order valence-corrected chi connectivity index (χ1v) is 8.23. The quantitative estimate of drug-likeness (QED) is 0.537. The van der Waals surface area contributed by atoms with E-state index in [9.17, 15) is 9.59 Å². The van der Waals surface area contributed by atoms with E-state index in [1.54, 1.807) is 0 Å². The average Bonchev–Trinajstić information content (AvgIpc) is 2.65. The minimum atomic E-state index is -0.348. The summed E-state index contributed by atoms with van der Waals surface area (Å²) in [5, 5.41) is 0. The largest absolute Gasteiger partial charge is 0.393 e. The van der Waals surface area contributed by atoms with Crippen LogP contribution in [0.25, 0.3) is 0 Å². The van der Waals surface area contributed by atoms with Crippen molar-refractivity contribution in [2.24, 2.45) is 34.5 Å². The second-order valence-corrected chi connectivity index (χ2v) is 8.18. The molecule has 1 aliphatic heterocycles. The van der Waals surface area contributed by atoms with E-state index in [0.717, 1.165) is 12.8 Å². The average molecular weight is 296 g/mol. The van der Waals surface area contributed by atoms with Crippen molar-refractivity contribution in [3.63, 3.8) is 0 Å².